The molecule has 2 rings (SSSR count). The van der Waals surface area contributed by atoms with Crippen LogP contribution in [0.5, 0.6) is 0 Å². The van der Waals surface area contributed by atoms with Crippen molar-refractivity contribution in [2.24, 2.45) is 0 Å². The smallest absolute Gasteiger partial charge is 0.0883 e. The first-order valence-corrected chi connectivity index (χ1v) is 3.44. The van der Waals surface area contributed by atoms with Crippen molar-refractivity contribution in [2.75, 3.05) is 0 Å². The molecule has 0 unspecified atom stereocenters. The SMILES string of the molecule is OCc1ccc2[nH]ccc2n1. The number of hydrogen-bond donors (Lipinski definition) is 2. The predicted octanol–water partition coefficient (Wildman–Crippen LogP) is 1.06. The molecule has 0 aliphatic heterocycles. The molecular weight excluding hydrogens is 140 g/mol. The third-order valence-electron chi connectivity index (χ3n) is 1.62. The molecule has 0 atom stereocenters. The van der Waals surface area contributed by atoms with Crippen LogP contribution in [-0.2, 0) is 6.61 Å². The highest BCUT2D eigenvalue weighted by molar-refractivity contribution is 5.74. The number of nitrogens with one attached hydrogen (secondary N) is 1. The van der Waals surface area contributed by atoms with Gasteiger partial charge >= 0.3 is 0 Å². The maximum atomic E-state index is 8.76. The van der Waals surface area contributed by atoms with E-state index in [-0.39, 0.29) is 6.61 Å². The Morgan fingerprint density at radius 1 is 1.36 bits per heavy atom. The van der Waals surface area contributed by atoms with Gasteiger partial charge in [0, 0.05) is 6.20 Å². The molecule has 2 aromatic heterocycles. The van der Waals surface area contributed by atoms with E-state index in [4.69, 9.17) is 5.11 Å². The van der Waals surface area contributed by atoms with Gasteiger partial charge in [-0.25, -0.2) is 4.98 Å². The van der Waals surface area contributed by atoms with Gasteiger partial charge in [-0.05, 0) is 18.2 Å². The quantitative estimate of drug-likeness (QED) is 0.635. The Kier molecular flexibility index (Phi) is 1.36. The first-order valence-electron chi connectivity index (χ1n) is 3.44. The minimum absolute atomic E-state index is 0.00111. The van der Waals surface area contributed by atoms with Crippen LogP contribution in [0.15, 0.2) is 24.4 Å². The fourth-order valence-corrected chi connectivity index (χ4v) is 1.06. The monoisotopic (exact) mass is 148 g/mol. The maximum absolute atomic E-state index is 8.76. The van der Waals surface area contributed by atoms with Crippen molar-refractivity contribution in [3.05, 3.63) is 30.1 Å². The Morgan fingerprint density at radius 2 is 2.27 bits per heavy atom. The minimum Gasteiger partial charge on any atom is -0.390 e. The first kappa shape index (κ1) is 6.37. The summed E-state index contributed by atoms with van der Waals surface area (Å²) in [5, 5.41) is 8.76. The third kappa shape index (κ3) is 0.991. The van der Waals surface area contributed by atoms with Crippen LogP contribution in [-0.4, -0.2) is 15.1 Å². The molecule has 0 amide bonds. The molecule has 0 aliphatic carbocycles. The average molecular weight is 148 g/mol. The maximum Gasteiger partial charge on any atom is 0.0883 e. The lowest BCUT2D eigenvalue weighted by atomic mass is 10.3. The van der Waals surface area contributed by atoms with Crippen molar-refractivity contribution >= 4 is 11.0 Å². The Morgan fingerprint density at radius 3 is 3.09 bits per heavy atom. The molecule has 0 saturated heterocycles. The lowest BCUT2D eigenvalue weighted by molar-refractivity contribution is 0.277. The first-order chi connectivity index (χ1) is 5.40. The van der Waals surface area contributed by atoms with Crippen LogP contribution < -0.4 is 0 Å². The van der Waals surface area contributed by atoms with Gasteiger partial charge in [0.25, 0.3) is 0 Å². The van der Waals surface area contributed by atoms with Gasteiger partial charge in [-0.15, -0.1) is 0 Å². The minimum atomic E-state index is 0.00111. The summed E-state index contributed by atoms with van der Waals surface area (Å²) in [7, 11) is 0. The summed E-state index contributed by atoms with van der Waals surface area (Å²) >= 11 is 0. The van der Waals surface area contributed by atoms with E-state index in [2.05, 4.69) is 9.97 Å². The van der Waals surface area contributed by atoms with Crippen molar-refractivity contribution in [3.8, 4) is 0 Å². The van der Waals surface area contributed by atoms with E-state index in [9.17, 15) is 0 Å². The van der Waals surface area contributed by atoms with E-state index in [0.717, 1.165) is 11.0 Å². The zero-order chi connectivity index (χ0) is 7.68. The lowest BCUT2D eigenvalue weighted by Crippen LogP contribution is -1.87. The second-order valence-corrected chi connectivity index (χ2v) is 2.37. The van der Waals surface area contributed by atoms with Crippen molar-refractivity contribution in [3.63, 3.8) is 0 Å². The van der Waals surface area contributed by atoms with Crippen LogP contribution in [0.1, 0.15) is 5.69 Å². The summed E-state index contributed by atoms with van der Waals surface area (Å²) in [4.78, 5) is 7.20. The van der Waals surface area contributed by atoms with Crippen LogP contribution in [0, 0.1) is 0 Å². The zero-order valence-electron chi connectivity index (χ0n) is 5.91. The molecule has 11 heavy (non-hydrogen) atoms. The number of hydrogen-bond acceptors (Lipinski definition) is 2. The van der Waals surface area contributed by atoms with Crippen molar-refractivity contribution in [2.45, 2.75) is 6.61 Å². The summed E-state index contributed by atoms with van der Waals surface area (Å²) in [5.74, 6) is 0. The van der Waals surface area contributed by atoms with Crippen LogP contribution in [0.4, 0.5) is 0 Å². The molecule has 2 aromatic rings. The molecular formula is C8H8N2O. The molecule has 3 heteroatoms. The third-order valence-corrected chi connectivity index (χ3v) is 1.62. The normalized spacial score (nSPS) is 10.6. The topological polar surface area (TPSA) is 48.9 Å². The van der Waals surface area contributed by atoms with Crippen LogP contribution in [0.2, 0.25) is 0 Å². The van der Waals surface area contributed by atoms with E-state index in [1.807, 2.05) is 18.3 Å². The van der Waals surface area contributed by atoms with Crippen LogP contribution in [0.3, 0.4) is 0 Å². The Hall–Kier alpha value is -1.35. The summed E-state index contributed by atoms with van der Waals surface area (Å²) in [6.07, 6.45) is 1.83. The molecule has 0 spiro atoms. The number of aromatic amines is 1. The van der Waals surface area contributed by atoms with Crippen molar-refractivity contribution < 1.29 is 5.11 Å². The van der Waals surface area contributed by atoms with Gasteiger partial charge < -0.3 is 10.1 Å². The molecule has 3 nitrogen and oxygen atoms in total. The van der Waals surface area contributed by atoms with E-state index in [0.29, 0.717) is 5.69 Å². The number of fused-ring (bicyclic) bond motifs is 1. The van der Waals surface area contributed by atoms with Gasteiger partial charge in [0.15, 0.2) is 0 Å². The summed E-state index contributed by atoms with van der Waals surface area (Å²) in [6.45, 7) is 0.00111. The Labute approximate surface area is 63.7 Å². The number of pyridine rings is 1. The van der Waals surface area contributed by atoms with E-state index < -0.39 is 0 Å². The van der Waals surface area contributed by atoms with Gasteiger partial charge in [-0.1, -0.05) is 0 Å². The van der Waals surface area contributed by atoms with Gasteiger partial charge in [-0.2, -0.15) is 0 Å². The molecule has 0 fully saturated rings. The molecule has 0 bridgehead atoms. The highest BCUT2D eigenvalue weighted by Gasteiger charge is 1.95. The largest absolute Gasteiger partial charge is 0.390 e. The second kappa shape index (κ2) is 2.36. The number of H-pyrrole nitrogens is 1. The molecule has 56 valence electrons. The van der Waals surface area contributed by atoms with E-state index in [1.165, 1.54) is 0 Å². The fraction of sp³-hybridized carbons (Fsp3) is 0.125. The van der Waals surface area contributed by atoms with Crippen molar-refractivity contribution in [1.29, 1.82) is 0 Å². The molecule has 0 radical (unpaired) electrons. The molecule has 0 aromatic carbocycles. The fourth-order valence-electron chi connectivity index (χ4n) is 1.06. The highest BCUT2D eigenvalue weighted by Crippen LogP contribution is 2.09. The highest BCUT2D eigenvalue weighted by atomic mass is 16.3. The molecule has 0 saturated carbocycles. The van der Waals surface area contributed by atoms with E-state index in [1.54, 1.807) is 6.07 Å². The standard InChI is InChI=1S/C8H8N2O/c11-5-6-1-2-7-8(10-6)3-4-9-7/h1-4,9,11H,5H2. The van der Waals surface area contributed by atoms with Gasteiger partial charge in [0.05, 0.1) is 23.3 Å². The average Bonchev–Trinajstić information content (AvgIpc) is 2.50. The molecule has 0 aliphatic rings. The molecule has 2 N–H and O–H groups in total. The number of aliphatic hydroxyl groups excluding tert-OH is 1. The summed E-state index contributed by atoms with van der Waals surface area (Å²) in [6, 6.07) is 5.60. The number of nitrogens with zero attached hydrogens (tertiary/aromatic N) is 1. The summed E-state index contributed by atoms with van der Waals surface area (Å²) in [5.41, 5.74) is 2.61. The molecule has 2 heterocycles. The lowest BCUT2D eigenvalue weighted by Gasteiger charge is -1.93. The van der Waals surface area contributed by atoms with Gasteiger partial charge in [-0.3, -0.25) is 0 Å². The van der Waals surface area contributed by atoms with Crippen LogP contribution >= 0.6 is 0 Å². The van der Waals surface area contributed by atoms with Crippen LogP contribution in [0.25, 0.3) is 11.0 Å². The van der Waals surface area contributed by atoms with Gasteiger partial charge in [0.2, 0.25) is 0 Å². The summed E-state index contributed by atoms with van der Waals surface area (Å²) < 4.78 is 0. The number of aromatic nitrogens is 2. The van der Waals surface area contributed by atoms with E-state index >= 15 is 0 Å². The predicted molar refractivity (Wildman–Crippen MR) is 42.0 cm³/mol. The Balaban J connectivity index is 2.67. The number of aliphatic hydroxyl groups is 1. The Bertz CT molecular complexity index is 367. The zero-order valence-corrected chi connectivity index (χ0v) is 5.91. The van der Waals surface area contributed by atoms with Crippen molar-refractivity contribution in [1.82, 2.24) is 9.97 Å². The van der Waals surface area contributed by atoms with Gasteiger partial charge in [0.1, 0.15) is 0 Å². The second-order valence-electron chi connectivity index (χ2n) is 2.37. The number of rotatable bonds is 1.